The Morgan fingerprint density at radius 1 is 1.28 bits per heavy atom. The standard InChI is InChI=1S/C20H28N2O3/c1-4-21-14-20(13-18(21)23)8-10-22(11-9-20)19(24)16-6-5-7-17(12-16)25-15(2)3/h5-7,12,15H,4,8-11,13-14H2,1-3H3. The van der Waals surface area contributed by atoms with Crippen LogP contribution in [0.2, 0.25) is 0 Å². The van der Waals surface area contributed by atoms with E-state index in [0.29, 0.717) is 12.0 Å². The van der Waals surface area contributed by atoms with Gasteiger partial charge in [0.1, 0.15) is 5.75 Å². The minimum absolute atomic E-state index is 0.0562. The van der Waals surface area contributed by atoms with E-state index in [1.54, 1.807) is 0 Å². The molecule has 2 amide bonds. The second kappa shape index (κ2) is 7.06. The molecule has 2 heterocycles. The van der Waals surface area contributed by atoms with Gasteiger partial charge in [0.2, 0.25) is 5.91 Å². The number of carbonyl (C=O) groups is 2. The number of rotatable bonds is 4. The molecule has 2 fully saturated rings. The lowest BCUT2D eigenvalue weighted by atomic mass is 9.77. The van der Waals surface area contributed by atoms with Crippen molar-refractivity contribution in [2.45, 2.75) is 46.1 Å². The average Bonchev–Trinajstić information content (AvgIpc) is 2.90. The van der Waals surface area contributed by atoms with E-state index in [9.17, 15) is 9.59 Å². The van der Waals surface area contributed by atoms with Crippen molar-refractivity contribution in [2.75, 3.05) is 26.2 Å². The van der Waals surface area contributed by atoms with Crippen molar-refractivity contribution in [3.05, 3.63) is 29.8 Å². The van der Waals surface area contributed by atoms with E-state index in [-0.39, 0.29) is 23.3 Å². The molecular weight excluding hydrogens is 316 g/mol. The number of carbonyl (C=O) groups excluding carboxylic acids is 2. The molecule has 1 spiro atoms. The predicted octanol–water partition coefficient (Wildman–Crippen LogP) is 2.95. The lowest BCUT2D eigenvalue weighted by Crippen LogP contribution is -2.44. The van der Waals surface area contributed by atoms with Gasteiger partial charge in [0.05, 0.1) is 6.10 Å². The molecule has 0 saturated carbocycles. The second-order valence-corrected chi connectivity index (χ2v) is 7.57. The highest BCUT2D eigenvalue weighted by atomic mass is 16.5. The van der Waals surface area contributed by atoms with Crippen molar-refractivity contribution >= 4 is 11.8 Å². The van der Waals surface area contributed by atoms with Crippen molar-refractivity contribution in [3.8, 4) is 5.75 Å². The Hall–Kier alpha value is -2.04. The zero-order valence-electron chi connectivity index (χ0n) is 15.5. The van der Waals surface area contributed by atoms with Gasteiger partial charge in [0, 0.05) is 43.6 Å². The number of amides is 2. The third kappa shape index (κ3) is 3.80. The molecule has 3 rings (SSSR count). The summed E-state index contributed by atoms with van der Waals surface area (Å²) in [5.74, 6) is 1.05. The van der Waals surface area contributed by atoms with Gasteiger partial charge >= 0.3 is 0 Å². The smallest absolute Gasteiger partial charge is 0.253 e. The molecule has 5 nitrogen and oxygen atoms in total. The Labute approximate surface area is 149 Å². The van der Waals surface area contributed by atoms with Crippen LogP contribution in [-0.2, 0) is 4.79 Å². The monoisotopic (exact) mass is 344 g/mol. The molecule has 0 aromatic heterocycles. The molecule has 0 aliphatic carbocycles. The van der Waals surface area contributed by atoms with Crippen molar-refractivity contribution in [2.24, 2.45) is 5.41 Å². The van der Waals surface area contributed by atoms with Gasteiger partial charge in [-0.3, -0.25) is 9.59 Å². The summed E-state index contributed by atoms with van der Waals surface area (Å²) in [6.07, 6.45) is 2.54. The molecule has 2 aliphatic rings. The highest BCUT2D eigenvalue weighted by molar-refractivity contribution is 5.94. The van der Waals surface area contributed by atoms with Crippen molar-refractivity contribution in [3.63, 3.8) is 0 Å². The van der Waals surface area contributed by atoms with Gasteiger partial charge in [-0.25, -0.2) is 0 Å². The zero-order chi connectivity index (χ0) is 18.0. The summed E-state index contributed by atoms with van der Waals surface area (Å²) in [5, 5.41) is 0. The lowest BCUT2D eigenvalue weighted by molar-refractivity contribution is -0.127. The Kier molecular flexibility index (Phi) is 5.02. The van der Waals surface area contributed by atoms with Crippen LogP contribution in [0.4, 0.5) is 0 Å². The first-order valence-corrected chi connectivity index (χ1v) is 9.26. The van der Waals surface area contributed by atoms with Crippen LogP contribution in [0.3, 0.4) is 0 Å². The fourth-order valence-electron chi connectivity index (χ4n) is 3.95. The quantitative estimate of drug-likeness (QED) is 0.844. The van der Waals surface area contributed by atoms with Gasteiger partial charge in [-0.05, 0) is 51.8 Å². The second-order valence-electron chi connectivity index (χ2n) is 7.57. The highest BCUT2D eigenvalue weighted by Gasteiger charge is 2.44. The largest absolute Gasteiger partial charge is 0.491 e. The van der Waals surface area contributed by atoms with E-state index in [2.05, 4.69) is 0 Å². The van der Waals surface area contributed by atoms with E-state index < -0.39 is 0 Å². The van der Waals surface area contributed by atoms with Crippen LogP contribution in [0, 0.1) is 5.41 Å². The molecule has 0 atom stereocenters. The molecule has 25 heavy (non-hydrogen) atoms. The molecule has 5 heteroatoms. The first-order valence-electron chi connectivity index (χ1n) is 9.26. The van der Waals surface area contributed by atoms with Crippen LogP contribution in [0.1, 0.15) is 50.4 Å². The van der Waals surface area contributed by atoms with Crippen LogP contribution in [0.15, 0.2) is 24.3 Å². The van der Waals surface area contributed by atoms with E-state index in [4.69, 9.17) is 4.74 Å². The average molecular weight is 344 g/mol. The summed E-state index contributed by atoms with van der Waals surface area (Å²) in [4.78, 5) is 28.8. The predicted molar refractivity (Wildman–Crippen MR) is 96.6 cm³/mol. The lowest BCUT2D eigenvalue weighted by Gasteiger charge is -2.38. The topological polar surface area (TPSA) is 49.9 Å². The van der Waals surface area contributed by atoms with Crippen LogP contribution in [0.5, 0.6) is 5.75 Å². The fraction of sp³-hybridized carbons (Fsp3) is 0.600. The molecule has 0 unspecified atom stereocenters. The summed E-state index contributed by atoms with van der Waals surface area (Å²) in [5.41, 5.74) is 0.749. The van der Waals surface area contributed by atoms with Crippen molar-refractivity contribution < 1.29 is 14.3 Å². The Morgan fingerprint density at radius 2 is 2.00 bits per heavy atom. The summed E-state index contributed by atoms with van der Waals surface area (Å²) in [7, 11) is 0. The number of benzene rings is 1. The molecule has 1 aromatic rings. The number of hydrogen-bond acceptors (Lipinski definition) is 3. The molecule has 2 aliphatic heterocycles. The van der Waals surface area contributed by atoms with E-state index >= 15 is 0 Å². The number of piperidine rings is 1. The minimum atomic E-state index is 0.0562. The summed E-state index contributed by atoms with van der Waals surface area (Å²) in [6, 6.07) is 7.42. The van der Waals surface area contributed by atoms with Gasteiger partial charge in [0.25, 0.3) is 5.91 Å². The van der Waals surface area contributed by atoms with E-state index in [1.807, 2.05) is 54.8 Å². The van der Waals surface area contributed by atoms with E-state index in [0.717, 1.165) is 44.8 Å². The summed E-state index contributed by atoms with van der Waals surface area (Å²) >= 11 is 0. The van der Waals surface area contributed by atoms with Gasteiger partial charge in [-0.2, -0.15) is 0 Å². The maximum atomic E-state index is 12.8. The van der Waals surface area contributed by atoms with Crippen LogP contribution in [-0.4, -0.2) is 53.9 Å². The molecule has 0 radical (unpaired) electrons. The van der Waals surface area contributed by atoms with E-state index in [1.165, 1.54) is 0 Å². The fourth-order valence-corrected chi connectivity index (χ4v) is 3.95. The zero-order valence-corrected chi connectivity index (χ0v) is 15.5. The van der Waals surface area contributed by atoms with Crippen molar-refractivity contribution in [1.82, 2.24) is 9.80 Å². The number of nitrogens with zero attached hydrogens (tertiary/aromatic N) is 2. The summed E-state index contributed by atoms with van der Waals surface area (Å²) in [6.45, 7) is 9.05. The van der Waals surface area contributed by atoms with Crippen molar-refractivity contribution in [1.29, 1.82) is 0 Å². The first-order chi connectivity index (χ1) is 11.9. The third-order valence-electron chi connectivity index (χ3n) is 5.35. The number of ether oxygens (including phenoxy) is 1. The van der Waals surface area contributed by atoms with Crippen LogP contribution >= 0.6 is 0 Å². The molecule has 0 N–H and O–H groups in total. The highest BCUT2D eigenvalue weighted by Crippen LogP contribution is 2.41. The van der Waals surface area contributed by atoms with Crippen LogP contribution < -0.4 is 4.74 Å². The summed E-state index contributed by atoms with van der Waals surface area (Å²) < 4.78 is 5.69. The molecule has 136 valence electrons. The number of hydrogen-bond donors (Lipinski definition) is 0. The van der Waals surface area contributed by atoms with Gasteiger partial charge in [-0.15, -0.1) is 0 Å². The van der Waals surface area contributed by atoms with Gasteiger partial charge in [0.15, 0.2) is 0 Å². The van der Waals surface area contributed by atoms with Gasteiger partial charge in [-0.1, -0.05) is 6.07 Å². The minimum Gasteiger partial charge on any atom is -0.491 e. The molecule has 0 bridgehead atoms. The SMILES string of the molecule is CCN1CC2(CCN(C(=O)c3cccc(OC(C)C)c3)CC2)CC1=O. The van der Waals surface area contributed by atoms with Gasteiger partial charge < -0.3 is 14.5 Å². The molecular formula is C20H28N2O3. The first kappa shape index (κ1) is 17.8. The maximum absolute atomic E-state index is 12.8. The number of likely N-dealkylation sites (tertiary alicyclic amines) is 2. The third-order valence-corrected chi connectivity index (χ3v) is 5.35. The maximum Gasteiger partial charge on any atom is 0.253 e. The molecule has 1 aromatic carbocycles. The normalized spacial score (nSPS) is 19.8. The Balaban J connectivity index is 1.63. The van der Waals surface area contributed by atoms with Crippen LogP contribution in [0.25, 0.3) is 0 Å². The molecule has 2 saturated heterocycles. The Bertz CT molecular complexity index is 648. The Morgan fingerprint density at radius 3 is 2.60 bits per heavy atom.